The fourth-order valence-corrected chi connectivity index (χ4v) is 3.85. The lowest BCUT2D eigenvalue weighted by Crippen LogP contribution is -2.30. The monoisotopic (exact) mass is 295 g/mol. The van der Waals surface area contributed by atoms with E-state index in [0.29, 0.717) is 0 Å². The molecule has 0 saturated heterocycles. The van der Waals surface area contributed by atoms with Crippen LogP contribution in [0.15, 0.2) is 0 Å². The van der Waals surface area contributed by atoms with Gasteiger partial charge in [0.25, 0.3) is 0 Å². The molecule has 1 aliphatic carbocycles. The molecule has 0 aromatic carbocycles. The fourth-order valence-electron chi connectivity index (χ4n) is 3.85. The van der Waals surface area contributed by atoms with Crippen LogP contribution < -0.4 is 5.32 Å². The normalized spacial score (nSPS) is 17.7. The lowest BCUT2D eigenvalue weighted by Gasteiger charge is -2.24. The zero-order valence-electron chi connectivity index (χ0n) is 15.1. The molecule has 0 bridgehead atoms. The zero-order chi connectivity index (χ0) is 15.3. The van der Waals surface area contributed by atoms with E-state index in [4.69, 9.17) is 0 Å². The molecule has 0 aromatic heterocycles. The Hall–Kier alpha value is -0.0400. The van der Waals surface area contributed by atoms with E-state index in [0.717, 1.165) is 17.8 Å². The molecule has 1 heteroatoms. The standard InChI is InChI=1S/C20H41N/c1-4-5-6-7-8-9-10-15-20(17-21-16-18(2)3)19-13-11-12-14-19/h18-21H,4-17H2,1-3H3. The van der Waals surface area contributed by atoms with E-state index < -0.39 is 0 Å². The highest BCUT2D eigenvalue weighted by atomic mass is 14.9. The summed E-state index contributed by atoms with van der Waals surface area (Å²) < 4.78 is 0. The Morgan fingerprint density at radius 3 is 2.10 bits per heavy atom. The summed E-state index contributed by atoms with van der Waals surface area (Å²) in [4.78, 5) is 0. The first-order valence-corrected chi connectivity index (χ1v) is 9.94. The van der Waals surface area contributed by atoms with Crippen LogP contribution >= 0.6 is 0 Å². The van der Waals surface area contributed by atoms with Gasteiger partial charge in [0.2, 0.25) is 0 Å². The van der Waals surface area contributed by atoms with Crippen LogP contribution in [0.1, 0.15) is 97.8 Å². The number of rotatable bonds is 13. The Labute approximate surface area is 134 Å². The molecule has 0 aliphatic heterocycles. The minimum absolute atomic E-state index is 0.785. The van der Waals surface area contributed by atoms with Crippen molar-refractivity contribution in [3.63, 3.8) is 0 Å². The quantitative estimate of drug-likeness (QED) is 0.400. The van der Waals surface area contributed by atoms with Crippen LogP contribution in [0.2, 0.25) is 0 Å². The van der Waals surface area contributed by atoms with Crippen molar-refractivity contribution in [2.75, 3.05) is 13.1 Å². The van der Waals surface area contributed by atoms with Crippen molar-refractivity contribution in [2.24, 2.45) is 17.8 Å². The maximum Gasteiger partial charge on any atom is -0.00178 e. The molecule has 0 aromatic rings. The van der Waals surface area contributed by atoms with E-state index in [-0.39, 0.29) is 0 Å². The molecule has 1 nitrogen and oxygen atoms in total. The van der Waals surface area contributed by atoms with Crippen molar-refractivity contribution in [3.8, 4) is 0 Å². The van der Waals surface area contributed by atoms with E-state index >= 15 is 0 Å². The van der Waals surface area contributed by atoms with Crippen molar-refractivity contribution >= 4 is 0 Å². The second-order valence-corrected chi connectivity index (χ2v) is 7.77. The van der Waals surface area contributed by atoms with Crippen molar-refractivity contribution in [1.29, 1.82) is 0 Å². The molecule has 1 N–H and O–H groups in total. The third-order valence-electron chi connectivity index (χ3n) is 5.20. The number of nitrogens with one attached hydrogen (secondary N) is 1. The molecule has 126 valence electrons. The van der Waals surface area contributed by atoms with E-state index in [1.807, 2.05) is 0 Å². The lowest BCUT2D eigenvalue weighted by molar-refractivity contribution is 0.291. The molecule has 0 heterocycles. The molecule has 0 amide bonds. The Morgan fingerprint density at radius 1 is 0.857 bits per heavy atom. The van der Waals surface area contributed by atoms with Crippen LogP contribution in [0.25, 0.3) is 0 Å². The molecule has 1 atom stereocenters. The van der Waals surface area contributed by atoms with E-state index in [1.165, 1.54) is 90.1 Å². The van der Waals surface area contributed by atoms with Crippen LogP contribution in [-0.4, -0.2) is 13.1 Å². The average Bonchev–Trinajstić information content (AvgIpc) is 2.98. The molecule has 1 fully saturated rings. The first-order chi connectivity index (χ1) is 10.2. The van der Waals surface area contributed by atoms with Gasteiger partial charge in [0.15, 0.2) is 0 Å². The molecule has 0 spiro atoms. The molecule has 1 rings (SSSR count). The summed E-state index contributed by atoms with van der Waals surface area (Å²) in [6.45, 7) is 9.40. The van der Waals surface area contributed by atoms with Crippen LogP contribution in [0, 0.1) is 17.8 Å². The van der Waals surface area contributed by atoms with Crippen molar-refractivity contribution in [3.05, 3.63) is 0 Å². The van der Waals surface area contributed by atoms with Gasteiger partial charge in [-0.2, -0.15) is 0 Å². The fraction of sp³-hybridized carbons (Fsp3) is 1.00. The number of hydrogen-bond acceptors (Lipinski definition) is 1. The molecule has 1 unspecified atom stereocenters. The summed E-state index contributed by atoms with van der Waals surface area (Å²) in [5, 5.41) is 3.73. The van der Waals surface area contributed by atoms with E-state index in [9.17, 15) is 0 Å². The Morgan fingerprint density at radius 2 is 1.48 bits per heavy atom. The molecule has 0 radical (unpaired) electrons. The maximum atomic E-state index is 3.73. The Kier molecular flexibility index (Phi) is 11.3. The van der Waals surface area contributed by atoms with Gasteiger partial charge in [-0.3, -0.25) is 0 Å². The summed E-state index contributed by atoms with van der Waals surface area (Å²) in [5.41, 5.74) is 0. The summed E-state index contributed by atoms with van der Waals surface area (Å²) in [5.74, 6) is 2.78. The predicted molar refractivity (Wildman–Crippen MR) is 95.8 cm³/mol. The van der Waals surface area contributed by atoms with Gasteiger partial charge in [-0.15, -0.1) is 0 Å². The maximum absolute atomic E-state index is 3.73. The number of unbranched alkanes of at least 4 members (excludes halogenated alkanes) is 6. The second kappa shape index (κ2) is 12.5. The van der Waals surface area contributed by atoms with Crippen molar-refractivity contribution < 1.29 is 0 Å². The van der Waals surface area contributed by atoms with Crippen LogP contribution in [-0.2, 0) is 0 Å². The zero-order valence-corrected chi connectivity index (χ0v) is 15.1. The van der Waals surface area contributed by atoms with E-state index in [2.05, 4.69) is 26.1 Å². The lowest BCUT2D eigenvalue weighted by atomic mass is 9.86. The summed E-state index contributed by atoms with van der Waals surface area (Å²) in [6.07, 6.45) is 17.6. The number of hydrogen-bond donors (Lipinski definition) is 1. The highest BCUT2D eigenvalue weighted by molar-refractivity contribution is 4.77. The molecule has 1 aliphatic rings. The van der Waals surface area contributed by atoms with Crippen LogP contribution in [0.5, 0.6) is 0 Å². The minimum atomic E-state index is 0.785. The SMILES string of the molecule is CCCCCCCCCC(CNCC(C)C)C1CCCC1. The van der Waals surface area contributed by atoms with Gasteiger partial charge in [-0.25, -0.2) is 0 Å². The molecular formula is C20H41N. The third kappa shape index (κ3) is 9.55. The predicted octanol–water partition coefficient (Wildman–Crippen LogP) is 6.18. The summed E-state index contributed by atoms with van der Waals surface area (Å²) in [6, 6.07) is 0. The smallest absolute Gasteiger partial charge is 0.00178 e. The van der Waals surface area contributed by atoms with Crippen molar-refractivity contribution in [1.82, 2.24) is 5.32 Å². The largest absolute Gasteiger partial charge is 0.316 e. The van der Waals surface area contributed by atoms with Crippen LogP contribution in [0.3, 0.4) is 0 Å². The van der Waals surface area contributed by atoms with Gasteiger partial charge < -0.3 is 5.32 Å². The van der Waals surface area contributed by atoms with Crippen LogP contribution in [0.4, 0.5) is 0 Å². The highest BCUT2D eigenvalue weighted by Crippen LogP contribution is 2.33. The van der Waals surface area contributed by atoms with E-state index in [1.54, 1.807) is 0 Å². The Bertz CT molecular complexity index is 218. The average molecular weight is 296 g/mol. The minimum Gasteiger partial charge on any atom is -0.316 e. The first kappa shape index (κ1) is 19.0. The van der Waals surface area contributed by atoms with Gasteiger partial charge in [0.05, 0.1) is 0 Å². The summed E-state index contributed by atoms with van der Waals surface area (Å²) in [7, 11) is 0. The van der Waals surface area contributed by atoms with Gasteiger partial charge in [-0.1, -0.05) is 91.4 Å². The topological polar surface area (TPSA) is 12.0 Å². The van der Waals surface area contributed by atoms with Gasteiger partial charge >= 0.3 is 0 Å². The van der Waals surface area contributed by atoms with Gasteiger partial charge in [0.1, 0.15) is 0 Å². The highest BCUT2D eigenvalue weighted by Gasteiger charge is 2.24. The Balaban J connectivity index is 2.12. The molecule has 21 heavy (non-hydrogen) atoms. The van der Waals surface area contributed by atoms with Gasteiger partial charge in [-0.05, 0) is 37.3 Å². The second-order valence-electron chi connectivity index (χ2n) is 7.77. The van der Waals surface area contributed by atoms with Gasteiger partial charge in [0, 0.05) is 0 Å². The molecule has 1 saturated carbocycles. The third-order valence-corrected chi connectivity index (χ3v) is 5.20. The van der Waals surface area contributed by atoms with Crippen molar-refractivity contribution in [2.45, 2.75) is 97.8 Å². The first-order valence-electron chi connectivity index (χ1n) is 9.94. The molecular weight excluding hydrogens is 254 g/mol. The summed E-state index contributed by atoms with van der Waals surface area (Å²) >= 11 is 0.